The maximum absolute atomic E-state index is 12.9. The maximum Gasteiger partial charge on any atom is 0.210 e. The molecule has 0 bridgehead atoms. The minimum absolute atomic E-state index is 0.127. The van der Waals surface area contributed by atoms with Crippen LogP contribution < -0.4 is 10.6 Å². The summed E-state index contributed by atoms with van der Waals surface area (Å²) < 4.78 is 25.2. The average molecular weight is 403 g/mol. The van der Waals surface area contributed by atoms with Crippen LogP contribution in [0, 0.1) is 5.82 Å². The van der Waals surface area contributed by atoms with Gasteiger partial charge in [-0.15, -0.1) is 21.5 Å². The molecule has 0 aliphatic heterocycles. The lowest BCUT2D eigenvalue weighted by Crippen LogP contribution is -2.15. The van der Waals surface area contributed by atoms with E-state index in [1.54, 1.807) is 11.3 Å². The number of benzene rings is 1. The SMILES string of the molecule is Nn1c(COc2ccc(F)cc2)nnc1SCc1cc(-c2cccs2)on1. The van der Waals surface area contributed by atoms with Crippen LogP contribution in [-0.2, 0) is 12.4 Å². The third kappa shape index (κ3) is 4.12. The summed E-state index contributed by atoms with van der Waals surface area (Å²) in [5, 5.41) is 14.7. The first kappa shape index (κ1) is 17.6. The van der Waals surface area contributed by atoms with Gasteiger partial charge in [-0.1, -0.05) is 23.0 Å². The number of hydrogen-bond acceptors (Lipinski definition) is 8. The Morgan fingerprint density at radius 1 is 1.22 bits per heavy atom. The molecule has 2 N–H and O–H groups in total. The highest BCUT2D eigenvalue weighted by atomic mass is 32.2. The molecule has 3 heterocycles. The van der Waals surface area contributed by atoms with Gasteiger partial charge in [-0.25, -0.2) is 9.07 Å². The number of halogens is 1. The molecule has 0 radical (unpaired) electrons. The Balaban J connectivity index is 1.35. The molecule has 0 saturated carbocycles. The van der Waals surface area contributed by atoms with Crippen molar-refractivity contribution >= 4 is 23.1 Å². The summed E-state index contributed by atoms with van der Waals surface area (Å²) in [4.78, 5) is 1.03. The summed E-state index contributed by atoms with van der Waals surface area (Å²) in [6, 6.07) is 11.6. The highest BCUT2D eigenvalue weighted by molar-refractivity contribution is 7.98. The number of nitrogens with two attached hydrogens (primary N) is 1. The van der Waals surface area contributed by atoms with Gasteiger partial charge in [0.2, 0.25) is 5.16 Å². The Labute approximate surface area is 161 Å². The van der Waals surface area contributed by atoms with E-state index in [0.29, 0.717) is 22.5 Å². The van der Waals surface area contributed by atoms with Crippen molar-refractivity contribution in [2.75, 3.05) is 5.84 Å². The first-order chi connectivity index (χ1) is 13.2. The van der Waals surface area contributed by atoms with E-state index in [-0.39, 0.29) is 12.4 Å². The van der Waals surface area contributed by atoms with Crippen LogP contribution in [0.2, 0.25) is 0 Å². The molecule has 0 aliphatic carbocycles. The zero-order valence-corrected chi connectivity index (χ0v) is 15.5. The van der Waals surface area contributed by atoms with E-state index in [4.69, 9.17) is 15.1 Å². The number of ether oxygens (including phenoxy) is 1. The number of nitrogen functional groups attached to an aromatic ring is 1. The summed E-state index contributed by atoms with van der Waals surface area (Å²) in [7, 11) is 0. The summed E-state index contributed by atoms with van der Waals surface area (Å²) in [6.45, 7) is 0.127. The molecular formula is C17H14FN5O2S2. The van der Waals surface area contributed by atoms with Gasteiger partial charge in [0, 0.05) is 11.8 Å². The van der Waals surface area contributed by atoms with Gasteiger partial charge < -0.3 is 15.1 Å². The first-order valence-electron chi connectivity index (χ1n) is 7.89. The minimum atomic E-state index is -0.321. The topological polar surface area (TPSA) is 92.0 Å². The van der Waals surface area contributed by atoms with Crippen molar-refractivity contribution < 1.29 is 13.7 Å². The molecule has 1 aromatic carbocycles. The Morgan fingerprint density at radius 3 is 2.85 bits per heavy atom. The highest BCUT2D eigenvalue weighted by Crippen LogP contribution is 2.27. The van der Waals surface area contributed by atoms with E-state index in [2.05, 4.69) is 15.4 Å². The summed E-state index contributed by atoms with van der Waals surface area (Å²) in [5.74, 6) is 7.97. The Bertz CT molecular complexity index is 1010. The van der Waals surface area contributed by atoms with E-state index < -0.39 is 0 Å². The molecular weight excluding hydrogens is 389 g/mol. The molecule has 0 amide bonds. The molecule has 27 heavy (non-hydrogen) atoms. The van der Waals surface area contributed by atoms with E-state index in [9.17, 15) is 4.39 Å². The smallest absolute Gasteiger partial charge is 0.210 e. The Morgan fingerprint density at radius 2 is 2.07 bits per heavy atom. The van der Waals surface area contributed by atoms with Gasteiger partial charge in [-0.2, -0.15) is 0 Å². The fraction of sp³-hybridized carbons (Fsp3) is 0.118. The van der Waals surface area contributed by atoms with Gasteiger partial charge >= 0.3 is 0 Å². The standard InChI is InChI=1S/C17H14FN5O2S2/c18-11-3-5-13(6-4-11)24-9-16-20-21-17(23(16)19)27-10-12-8-14(25-22-12)15-2-1-7-26-15/h1-8H,9-10,19H2. The average Bonchev–Trinajstić information content (AvgIpc) is 3.41. The normalized spacial score (nSPS) is 11.0. The van der Waals surface area contributed by atoms with Crippen LogP contribution in [0.25, 0.3) is 10.6 Å². The highest BCUT2D eigenvalue weighted by Gasteiger charge is 2.13. The maximum atomic E-state index is 12.9. The third-order valence-corrected chi connectivity index (χ3v) is 5.45. The molecule has 4 aromatic rings. The Hall–Kier alpha value is -2.85. The lowest BCUT2D eigenvalue weighted by molar-refractivity contribution is 0.291. The monoisotopic (exact) mass is 403 g/mol. The van der Waals surface area contributed by atoms with Crippen LogP contribution in [0.15, 0.2) is 57.5 Å². The van der Waals surface area contributed by atoms with Crippen molar-refractivity contribution in [2.24, 2.45) is 0 Å². The number of thioether (sulfide) groups is 1. The van der Waals surface area contributed by atoms with Gasteiger partial charge in [-0.05, 0) is 35.7 Å². The van der Waals surface area contributed by atoms with Crippen LogP contribution in [0.5, 0.6) is 5.75 Å². The molecule has 0 saturated heterocycles. The zero-order valence-electron chi connectivity index (χ0n) is 13.9. The number of thiophene rings is 1. The second-order valence-electron chi connectivity index (χ2n) is 5.46. The molecule has 0 unspecified atom stereocenters. The van der Waals surface area contributed by atoms with Gasteiger partial charge in [-0.3, -0.25) is 0 Å². The first-order valence-corrected chi connectivity index (χ1v) is 9.75. The van der Waals surface area contributed by atoms with Gasteiger partial charge in [0.1, 0.15) is 18.2 Å². The minimum Gasteiger partial charge on any atom is -0.486 e. The second-order valence-corrected chi connectivity index (χ2v) is 7.35. The fourth-order valence-corrected chi connectivity index (χ4v) is 3.67. The van der Waals surface area contributed by atoms with Crippen LogP contribution in [0.4, 0.5) is 4.39 Å². The zero-order chi connectivity index (χ0) is 18.6. The van der Waals surface area contributed by atoms with Crippen LogP contribution in [-0.4, -0.2) is 20.0 Å². The molecule has 0 fully saturated rings. The molecule has 7 nitrogen and oxygen atoms in total. The molecule has 0 atom stereocenters. The predicted molar refractivity (Wildman–Crippen MR) is 100 cm³/mol. The summed E-state index contributed by atoms with van der Waals surface area (Å²) >= 11 is 2.99. The molecule has 0 aliphatic rings. The molecule has 138 valence electrons. The van der Waals surface area contributed by atoms with Gasteiger partial charge in [0.05, 0.1) is 10.6 Å². The quantitative estimate of drug-likeness (QED) is 0.371. The van der Waals surface area contributed by atoms with E-state index in [0.717, 1.165) is 16.3 Å². The fourth-order valence-electron chi connectivity index (χ4n) is 2.24. The van der Waals surface area contributed by atoms with Gasteiger partial charge in [0.15, 0.2) is 11.6 Å². The molecule has 3 aromatic heterocycles. The molecule has 10 heteroatoms. The van der Waals surface area contributed by atoms with E-state index in [1.807, 2.05) is 23.6 Å². The van der Waals surface area contributed by atoms with Crippen LogP contribution in [0.1, 0.15) is 11.5 Å². The van der Waals surface area contributed by atoms with Crippen molar-refractivity contribution in [3.8, 4) is 16.4 Å². The number of aromatic nitrogens is 4. The summed E-state index contributed by atoms with van der Waals surface area (Å²) in [5.41, 5.74) is 0.788. The van der Waals surface area contributed by atoms with Crippen molar-refractivity contribution in [1.82, 2.24) is 20.0 Å². The van der Waals surface area contributed by atoms with Crippen molar-refractivity contribution in [2.45, 2.75) is 17.5 Å². The third-order valence-electron chi connectivity index (χ3n) is 3.59. The van der Waals surface area contributed by atoms with Crippen molar-refractivity contribution in [3.63, 3.8) is 0 Å². The van der Waals surface area contributed by atoms with E-state index >= 15 is 0 Å². The molecule has 0 spiro atoms. The van der Waals surface area contributed by atoms with E-state index in [1.165, 1.54) is 40.7 Å². The van der Waals surface area contributed by atoms with Crippen molar-refractivity contribution in [1.29, 1.82) is 0 Å². The molecule has 4 rings (SSSR count). The second kappa shape index (κ2) is 7.80. The summed E-state index contributed by atoms with van der Waals surface area (Å²) in [6.07, 6.45) is 0. The number of nitrogens with zero attached hydrogens (tertiary/aromatic N) is 4. The van der Waals surface area contributed by atoms with Crippen LogP contribution >= 0.6 is 23.1 Å². The largest absolute Gasteiger partial charge is 0.486 e. The lowest BCUT2D eigenvalue weighted by atomic mass is 10.3. The van der Waals surface area contributed by atoms with Crippen LogP contribution in [0.3, 0.4) is 0 Å². The number of rotatable bonds is 7. The predicted octanol–water partition coefficient (Wildman–Crippen LogP) is 3.72. The Kier molecular flexibility index (Phi) is 5.07. The number of hydrogen-bond donors (Lipinski definition) is 1. The van der Waals surface area contributed by atoms with Gasteiger partial charge in [0.25, 0.3) is 0 Å². The van der Waals surface area contributed by atoms with Crippen molar-refractivity contribution in [3.05, 3.63) is 65.2 Å². The lowest BCUT2D eigenvalue weighted by Gasteiger charge is -2.06.